The van der Waals surface area contributed by atoms with Crippen LogP contribution < -0.4 is 0 Å². The molecule has 0 fully saturated rings. The van der Waals surface area contributed by atoms with Crippen LogP contribution in [0.1, 0.15) is 0 Å². The zero-order valence-corrected chi connectivity index (χ0v) is 13.7. The summed E-state index contributed by atoms with van der Waals surface area (Å²) < 4.78 is 64.6. The van der Waals surface area contributed by atoms with Gasteiger partial charge in [-0.15, -0.1) is 0 Å². The van der Waals surface area contributed by atoms with E-state index in [2.05, 4.69) is 0 Å². The van der Waals surface area contributed by atoms with Crippen molar-refractivity contribution in [3.8, 4) is 11.1 Å². The summed E-state index contributed by atoms with van der Waals surface area (Å²) >= 11 is 11.6. The van der Waals surface area contributed by atoms with Crippen molar-refractivity contribution in [1.29, 1.82) is 0 Å². The fourth-order valence-corrected chi connectivity index (χ4v) is 4.08. The largest absolute Gasteiger partial charge is 0.296 e. The van der Waals surface area contributed by atoms with Gasteiger partial charge in [-0.05, 0) is 12.1 Å². The van der Waals surface area contributed by atoms with Gasteiger partial charge in [0.1, 0.15) is 9.79 Å². The molecule has 0 aliphatic carbocycles. The highest BCUT2D eigenvalue weighted by molar-refractivity contribution is 7.86. The second kappa shape index (κ2) is 5.80. The van der Waals surface area contributed by atoms with Gasteiger partial charge in [0.05, 0.1) is 10.0 Å². The first-order valence-corrected chi connectivity index (χ1v) is 9.19. The molecule has 22 heavy (non-hydrogen) atoms. The molecule has 10 heteroatoms. The molecule has 0 atom stereocenters. The lowest BCUT2D eigenvalue weighted by Crippen LogP contribution is -2.06. The lowest BCUT2D eigenvalue weighted by Gasteiger charge is -2.13. The fraction of sp³-hybridized carbons (Fsp3) is 0. The van der Waals surface area contributed by atoms with Crippen LogP contribution in [-0.2, 0) is 20.2 Å². The van der Waals surface area contributed by atoms with E-state index in [9.17, 15) is 25.9 Å². The maximum atomic E-state index is 11.6. The highest BCUT2D eigenvalue weighted by atomic mass is 35.5. The van der Waals surface area contributed by atoms with Crippen molar-refractivity contribution in [3.05, 3.63) is 46.4 Å². The monoisotopic (exact) mass is 382 g/mol. The molecule has 0 bridgehead atoms. The summed E-state index contributed by atoms with van der Waals surface area (Å²) in [7, 11) is -9.41. The van der Waals surface area contributed by atoms with E-state index in [4.69, 9.17) is 23.2 Å². The van der Waals surface area contributed by atoms with Crippen molar-refractivity contribution < 1.29 is 25.9 Å². The van der Waals surface area contributed by atoms with Crippen molar-refractivity contribution in [3.63, 3.8) is 0 Å². The third kappa shape index (κ3) is 3.27. The first-order chi connectivity index (χ1) is 10.0. The summed E-state index contributed by atoms with van der Waals surface area (Å²) in [5.41, 5.74) is -0.346. The molecule has 0 saturated heterocycles. The Morgan fingerprint density at radius 1 is 0.773 bits per heavy atom. The molecule has 0 aliphatic rings. The number of hydrogen-bond acceptors (Lipinski definition) is 4. The Balaban J connectivity index is 2.96. The average molecular weight is 383 g/mol. The Kier molecular flexibility index (Phi) is 4.54. The van der Waals surface area contributed by atoms with Crippen molar-refractivity contribution in [2.75, 3.05) is 0 Å². The SMILES string of the molecule is O=S(=O)(O)c1ccccc1-c1ccc(Cl)c(Cl)c1S(=O)(=O)O. The van der Waals surface area contributed by atoms with E-state index >= 15 is 0 Å². The highest BCUT2D eigenvalue weighted by Crippen LogP contribution is 2.39. The molecule has 6 nitrogen and oxygen atoms in total. The van der Waals surface area contributed by atoms with Crippen molar-refractivity contribution in [2.45, 2.75) is 9.79 Å². The topological polar surface area (TPSA) is 109 Å². The van der Waals surface area contributed by atoms with E-state index in [1.165, 1.54) is 30.3 Å². The molecule has 0 amide bonds. The molecular weight excluding hydrogens is 375 g/mol. The van der Waals surface area contributed by atoms with Gasteiger partial charge in [-0.1, -0.05) is 47.5 Å². The summed E-state index contributed by atoms with van der Waals surface area (Å²) in [4.78, 5) is -1.27. The molecule has 2 aromatic rings. The zero-order valence-electron chi connectivity index (χ0n) is 10.6. The molecule has 0 aliphatic heterocycles. The second-order valence-electron chi connectivity index (χ2n) is 4.18. The maximum Gasteiger partial charge on any atom is 0.296 e. The van der Waals surface area contributed by atoms with Gasteiger partial charge in [0.15, 0.2) is 0 Å². The van der Waals surface area contributed by atoms with Crippen LogP contribution in [0.4, 0.5) is 0 Å². The third-order valence-electron chi connectivity index (χ3n) is 2.76. The maximum absolute atomic E-state index is 11.6. The highest BCUT2D eigenvalue weighted by Gasteiger charge is 2.26. The minimum absolute atomic E-state index is 0.137. The van der Waals surface area contributed by atoms with Crippen LogP contribution in [0.3, 0.4) is 0 Å². The normalized spacial score (nSPS) is 12.4. The smallest absolute Gasteiger partial charge is 0.282 e. The molecule has 0 radical (unpaired) electrons. The summed E-state index contributed by atoms with van der Waals surface area (Å²) in [6.07, 6.45) is 0. The van der Waals surface area contributed by atoms with Crippen molar-refractivity contribution >= 4 is 43.4 Å². The van der Waals surface area contributed by atoms with E-state index in [1.807, 2.05) is 0 Å². The van der Waals surface area contributed by atoms with Crippen LogP contribution in [-0.4, -0.2) is 25.9 Å². The molecule has 0 saturated carbocycles. The quantitative estimate of drug-likeness (QED) is 0.789. The van der Waals surface area contributed by atoms with Crippen LogP contribution in [0.15, 0.2) is 46.2 Å². The van der Waals surface area contributed by atoms with E-state index in [-0.39, 0.29) is 16.1 Å². The van der Waals surface area contributed by atoms with Crippen LogP contribution >= 0.6 is 23.2 Å². The van der Waals surface area contributed by atoms with Gasteiger partial charge >= 0.3 is 0 Å². The van der Waals surface area contributed by atoms with E-state index < -0.39 is 35.0 Å². The van der Waals surface area contributed by atoms with Crippen LogP contribution in [0.25, 0.3) is 11.1 Å². The van der Waals surface area contributed by atoms with Gasteiger partial charge in [-0.3, -0.25) is 9.11 Å². The van der Waals surface area contributed by atoms with E-state index in [1.54, 1.807) is 0 Å². The summed E-state index contributed by atoms with van der Waals surface area (Å²) in [5, 5.41) is -0.589. The molecular formula is C12H8Cl2O6S2. The molecule has 2 N–H and O–H groups in total. The predicted molar refractivity (Wildman–Crippen MR) is 81.5 cm³/mol. The molecule has 0 spiro atoms. The molecule has 118 valence electrons. The minimum Gasteiger partial charge on any atom is -0.282 e. The molecule has 0 aromatic heterocycles. The van der Waals surface area contributed by atoms with Gasteiger partial charge in [0, 0.05) is 11.1 Å². The first kappa shape index (κ1) is 17.2. The Morgan fingerprint density at radius 2 is 1.36 bits per heavy atom. The van der Waals surface area contributed by atoms with Crippen molar-refractivity contribution in [2.24, 2.45) is 0 Å². The molecule has 0 heterocycles. The summed E-state index contributed by atoms with van der Waals surface area (Å²) in [6.45, 7) is 0. The average Bonchev–Trinajstić information content (AvgIpc) is 2.39. The predicted octanol–water partition coefficient (Wildman–Crippen LogP) is 3.15. The molecule has 2 aromatic carbocycles. The van der Waals surface area contributed by atoms with Crippen LogP contribution in [0.5, 0.6) is 0 Å². The number of halogens is 2. The van der Waals surface area contributed by atoms with Crippen molar-refractivity contribution in [1.82, 2.24) is 0 Å². The number of hydrogen-bond donors (Lipinski definition) is 2. The van der Waals surface area contributed by atoms with E-state index in [0.717, 1.165) is 6.07 Å². The third-order valence-corrected chi connectivity index (χ3v) is 5.53. The van der Waals surface area contributed by atoms with Gasteiger partial charge < -0.3 is 0 Å². The molecule has 0 unspecified atom stereocenters. The lowest BCUT2D eigenvalue weighted by atomic mass is 10.1. The number of rotatable bonds is 3. The second-order valence-corrected chi connectivity index (χ2v) is 7.72. The minimum atomic E-state index is -4.79. The lowest BCUT2D eigenvalue weighted by molar-refractivity contribution is 0.480. The Hall–Kier alpha value is -1.16. The zero-order chi connectivity index (χ0) is 16.7. The fourth-order valence-electron chi connectivity index (χ4n) is 1.91. The van der Waals surface area contributed by atoms with Gasteiger partial charge in [0.2, 0.25) is 0 Å². The van der Waals surface area contributed by atoms with Crippen LogP contribution in [0.2, 0.25) is 10.0 Å². The van der Waals surface area contributed by atoms with Gasteiger partial charge in [-0.25, -0.2) is 0 Å². The standard InChI is InChI=1S/C12H8Cl2O6S2/c13-9-6-5-8(12(11(9)14)22(18,19)20)7-3-1-2-4-10(7)21(15,16)17/h1-6H,(H,15,16,17)(H,18,19,20). The summed E-state index contributed by atoms with van der Waals surface area (Å²) in [6, 6.07) is 7.55. The van der Waals surface area contributed by atoms with E-state index in [0.29, 0.717) is 0 Å². The Bertz CT molecular complexity index is 952. The first-order valence-electron chi connectivity index (χ1n) is 5.56. The van der Waals surface area contributed by atoms with Crippen LogP contribution in [0, 0.1) is 0 Å². The Labute approximate surface area is 136 Å². The number of benzene rings is 2. The summed E-state index contributed by atoms with van der Waals surface area (Å²) in [5.74, 6) is 0. The van der Waals surface area contributed by atoms with Gasteiger partial charge in [-0.2, -0.15) is 16.8 Å². The van der Waals surface area contributed by atoms with Gasteiger partial charge in [0.25, 0.3) is 20.2 Å². The Morgan fingerprint density at radius 3 is 1.91 bits per heavy atom. The molecule has 2 rings (SSSR count).